The Bertz CT molecular complexity index is 819. The molecule has 1 heterocycles. The number of ether oxygens (including phenoxy) is 4. The van der Waals surface area contributed by atoms with Gasteiger partial charge in [0.1, 0.15) is 18.6 Å². The molecule has 1 aliphatic heterocycles. The molecule has 0 atom stereocenters. The number of hydrogen-bond donors (Lipinski definition) is 0. The largest absolute Gasteiger partial charge is 0.493 e. The monoisotopic (exact) mass is 345 g/mol. The van der Waals surface area contributed by atoms with E-state index in [2.05, 4.69) is 0 Å². The molecule has 0 amide bonds. The number of aldehydes is 1. The van der Waals surface area contributed by atoms with Crippen molar-refractivity contribution in [1.82, 2.24) is 0 Å². The van der Waals surface area contributed by atoms with E-state index in [0.717, 1.165) is 0 Å². The summed E-state index contributed by atoms with van der Waals surface area (Å²) in [5.74, 6) is 1.33. The van der Waals surface area contributed by atoms with Crippen LogP contribution >= 0.6 is 0 Å². The van der Waals surface area contributed by atoms with E-state index in [-0.39, 0.29) is 25.7 Å². The van der Waals surface area contributed by atoms with Gasteiger partial charge in [0.15, 0.2) is 18.3 Å². The van der Waals surface area contributed by atoms with E-state index < -0.39 is 4.92 Å². The van der Waals surface area contributed by atoms with Crippen LogP contribution in [0.5, 0.6) is 17.2 Å². The second-order valence-electron chi connectivity index (χ2n) is 5.28. The van der Waals surface area contributed by atoms with Crippen molar-refractivity contribution < 1.29 is 28.7 Å². The number of nitrogens with zero attached hydrogens (tertiary/aromatic N) is 1. The van der Waals surface area contributed by atoms with Gasteiger partial charge in [-0.25, -0.2) is 0 Å². The van der Waals surface area contributed by atoms with Crippen molar-refractivity contribution >= 4 is 12.0 Å². The van der Waals surface area contributed by atoms with Crippen LogP contribution < -0.4 is 14.2 Å². The van der Waals surface area contributed by atoms with E-state index in [1.807, 2.05) is 0 Å². The van der Waals surface area contributed by atoms with Gasteiger partial charge in [-0.3, -0.25) is 14.9 Å². The standard InChI is InChI=1S/C17H15NO7/c1-22-15-3-2-11(7-19)4-16(15)24-9-13-6-14(18(20)21)5-12-8-23-10-25-17(12)13/h2-7H,8-10H2,1H3. The minimum atomic E-state index is -0.480. The predicted molar refractivity (Wildman–Crippen MR) is 86.1 cm³/mol. The van der Waals surface area contributed by atoms with Crippen LogP contribution in [0.3, 0.4) is 0 Å². The van der Waals surface area contributed by atoms with E-state index in [0.29, 0.717) is 40.2 Å². The van der Waals surface area contributed by atoms with Crippen LogP contribution in [0, 0.1) is 10.1 Å². The van der Waals surface area contributed by atoms with Gasteiger partial charge in [-0.15, -0.1) is 0 Å². The molecule has 0 unspecified atom stereocenters. The van der Waals surface area contributed by atoms with E-state index >= 15 is 0 Å². The SMILES string of the molecule is COc1ccc(C=O)cc1OCc1cc([N+](=O)[O-])cc2c1OCOC2. The molecule has 0 aromatic heterocycles. The molecule has 2 aromatic rings. The van der Waals surface area contributed by atoms with E-state index in [4.69, 9.17) is 18.9 Å². The van der Waals surface area contributed by atoms with Crippen LogP contribution in [0.1, 0.15) is 21.5 Å². The summed E-state index contributed by atoms with van der Waals surface area (Å²) in [4.78, 5) is 21.6. The number of benzene rings is 2. The van der Waals surface area contributed by atoms with Crippen LogP contribution in [0.4, 0.5) is 5.69 Å². The van der Waals surface area contributed by atoms with Gasteiger partial charge in [0.2, 0.25) is 0 Å². The maximum Gasteiger partial charge on any atom is 0.270 e. The van der Waals surface area contributed by atoms with Crippen molar-refractivity contribution in [3.8, 4) is 17.2 Å². The first-order valence-electron chi connectivity index (χ1n) is 7.39. The first-order valence-corrected chi connectivity index (χ1v) is 7.39. The summed E-state index contributed by atoms with van der Waals surface area (Å²) < 4.78 is 21.6. The zero-order valence-corrected chi connectivity index (χ0v) is 13.4. The summed E-state index contributed by atoms with van der Waals surface area (Å²) in [6.45, 7) is 0.318. The Morgan fingerprint density at radius 2 is 2.12 bits per heavy atom. The topological polar surface area (TPSA) is 97.1 Å². The first kappa shape index (κ1) is 16.7. The molecule has 25 heavy (non-hydrogen) atoms. The highest BCUT2D eigenvalue weighted by atomic mass is 16.7. The minimum Gasteiger partial charge on any atom is -0.493 e. The van der Waals surface area contributed by atoms with Crippen molar-refractivity contribution in [2.24, 2.45) is 0 Å². The molecule has 2 aromatic carbocycles. The molecule has 0 bridgehead atoms. The molecule has 0 fully saturated rings. The summed E-state index contributed by atoms with van der Waals surface area (Å²) in [6, 6.07) is 7.59. The zero-order valence-electron chi connectivity index (χ0n) is 13.4. The van der Waals surface area contributed by atoms with Crippen LogP contribution in [-0.4, -0.2) is 25.1 Å². The number of rotatable bonds is 6. The number of nitro groups is 1. The Morgan fingerprint density at radius 3 is 2.84 bits per heavy atom. The second kappa shape index (κ2) is 7.18. The lowest BCUT2D eigenvalue weighted by Crippen LogP contribution is -2.14. The number of nitro benzene ring substituents is 1. The van der Waals surface area contributed by atoms with Crippen LogP contribution in [0.15, 0.2) is 30.3 Å². The normalized spacial score (nSPS) is 12.7. The van der Waals surface area contributed by atoms with E-state index in [9.17, 15) is 14.9 Å². The zero-order chi connectivity index (χ0) is 17.8. The molecule has 0 radical (unpaired) electrons. The molecule has 0 N–H and O–H groups in total. The van der Waals surface area contributed by atoms with Crippen LogP contribution in [0.2, 0.25) is 0 Å². The fourth-order valence-electron chi connectivity index (χ4n) is 2.53. The molecule has 8 heteroatoms. The fourth-order valence-corrected chi connectivity index (χ4v) is 2.53. The highest BCUT2D eigenvalue weighted by Gasteiger charge is 2.21. The molecular formula is C17H15NO7. The summed E-state index contributed by atoms with van der Waals surface area (Å²) in [6.07, 6.45) is 0.696. The average Bonchev–Trinajstić information content (AvgIpc) is 2.65. The third-order valence-electron chi connectivity index (χ3n) is 3.69. The Balaban J connectivity index is 1.92. The quantitative estimate of drug-likeness (QED) is 0.451. The van der Waals surface area contributed by atoms with Crippen molar-refractivity contribution in [2.75, 3.05) is 13.9 Å². The highest BCUT2D eigenvalue weighted by molar-refractivity contribution is 5.76. The molecular weight excluding hydrogens is 330 g/mol. The third-order valence-corrected chi connectivity index (χ3v) is 3.69. The average molecular weight is 345 g/mol. The van der Waals surface area contributed by atoms with Crippen molar-refractivity contribution in [3.63, 3.8) is 0 Å². The molecule has 1 aliphatic rings. The second-order valence-corrected chi connectivity index (χ2v) is 5.28. The summed E-state index contributed by atoms with van der Waals surface area (Å²) in [7, 11) is 1.48. The van der Waals surface area contributed by atoms with E-state index in [1.165, 1.54) is 19.2 Å². The van der Waals surface area contributed by atoms with E-state index in [1.54, 1.807) is 18.2 Å². The van der Waals surface area contributed by atoms with Gasteiger partial charge < -0.3 is 18.9 Å². The van der Waals surface area contributed by atoms with Gasteiger partial charge >= 0.3 is 0 Å². The Kier molecular flexibility index (Phi) is 4.80. The maximum absolute atomic E-state index is 11.1. The number of carbonyl (C=O) groups is 1. The molecule has 8 nitrogen and oxygen atoms in total. The van der Waals surface area contributed by atoms with Crippen LogP contribution in [0.25, 0.3) is 0 Å². The first-order chi connectivity index (χ1) is 12.1. The lowest BCUT2D eigenvalue weighted by Gasteiger charge is -2.21. The highest BCUT2D eigenvalue weighted by Crippen LogP contribution is 2.34. The number of carbonyl (C=O) groups excluding carboxylic acids is 1. The van der Waals surface area contributed by atoms with Crippen molar-refractivity contribution in [2.45, 2.75) is 13.2 Å². The molecule has 130 valence electrons. The Labute approximate surface area is 143 Å². The number of fused-ring (bicyclic) bond motifs is 1. The molecule has 0 saturated carbocycles. The molecule has 3 rings (SSSR count). The number of methoxy groups -OCH3 is 1. The molecule has 0 spiro atoms. The third kappa shape index (κ3) is 3.53. The van der Waals surface area contributed by atoms with Gasteiger partial charge in [0.25, 0.3) is 5.69 Å². The van der Waals surface area contributed by atoms with Crippen LogP contribution in [-0.2, 0) is 18.0 Å². The van der Waals surface area contributed by atoms with Gasteiger partial charge in [-0.2, -0.15) is 0 Å². The van der Waals surface area contributed by atoms with Crippen molar-refractivity contribution in [1.29, 1.82) is 0 Å². The molecule has 0 saturated heterocycles. The van der Waals surface area contributed by atoms with Gasteiger partial charge in [0, 0.05) is 28.8 Å². The smallest absolute Gasteiger partial charge is 0.270 e. The summed E-state index contributed by atoms with van der Waals surface area (Å²) in [5, 5.41) is 11.1. The summed E-state index contributed by atoms with van der Waals surface area (Å²) in [5.41, 5.74) is 1.47. The summed E-state index contributed by atoms with van der Waals surface area (Å²) >= 11 is 0. The van der Waals surface area contributed by atoms with Gasteiger partial charge in [-0.05, 0) is 18.2 Å². The number of hydrogen-bond acceptors (Lipinski definition) is 7. The van der Waals surface area contributed by atoms with Crippen molar-refractivity contribution in [3.05, 3.63) is 57.1 Å². The maximum atomic E-state index is 11.1. The predicted octanol–water partition coefficient (Wildman–Crippen LogP) is 2.86. The lowest BCUT2D eigenvalue weighted by atomic mass is 10.1. The Hall–Kier alpha value is -3.13. The van der Waals surface area contributed by atoms with Gasteiger partial charge in [-0.1, -0.05) is 0 Å². The lowest BCUT2D eigenvalue weighted by molar-refractivity contribution is -0.385. The fraction of sp³-hybridized carbons (Fsp3) is 0.235. The minimum absolute atomic E-state index is 0.0166. The van der Waals surface area contributed by atoms with Gasteiger partial charge in [0.05, 0.1) is 18.6 Å². The molecule has 0 aliphatic carbocycles. The number of non-ortho nitro benzene ring substituents is 1. The Morgan fingerprint density at radius 1 is 1.28 bits per heavy atom.